The number of anilines is 1. The number of nitrogens with zero attached hydrogens (tertiary/aromatic N) is 2. The minimum atomic E-state index is -4.67. The molecule has 1 atom stereocenters. The van der Waals surface area contributed by atoms with Crippen LogP contribution in [0.5, 0.6) is 0 Å². The maximum atomic E-state index is 13.8. The molecule has 1 N–H and O–H groups in total. The van der Waals surface area contributed by atoms with Gasteiger partial charge in [0.15, 0.2) is 22.6 Å². The number of hydrogen-bond acceptors (Lipinski definition) is 2. The molecule has 10 heteroatoms. The van der Waals surface area contributed by atoms with Gasteiger partial charge in [-0.1, -0.05) is 32.0 Å². The summed E-state index contributed by atoms with van der Waals surface area (Å²) in [5.41, 5.74) is 0.897. The van der Waals surface area contributed by atoms with Crippen LogP contribution in [0.25, 0.3) is 16.7 Å². The van der Waals surface area contributed by atoms with Crippen molar-refractivity contribution in [2.75, 3.05) is 4.72 Å². The van der Waals surface area contributed by atoms with E-state index in [1.165, 1.54) is 48.5 Å². The van der Waals surface area contributed by atoms with E-state index in [2.05, 4.69) is 9.71 Å². The number of para-hydroxylation sites is 2. The maximum absolute atomic E-state index is 13.8. The van der Waals surface area contributed by atoms with Gasteiger partial charge in [-0.3, -0.25) is 4.57 Å². The predicted octanol–water partition coefficient (Wildman–Crippen LogP) is 6.48. The third-order valence-electron chi connectivity index (χ3n) is 4.27. The van der Waals surface area contributed by atoms with Gasteiger partial charge in [-0.15, -0.1) is 0 Å². The normalized spacial score (nSPS) is 12.2. The van der Waals surface area contributed by atoms with Crippen molar-refractivity contribution in [2.45, 2.75) is 24.9 Å². The molecule has 0 fully saturated rings. The first kappa shape index (κ1) is 23.4. The molecular weight excluding hydrogens is 449 g/mol. The summed E-state index contributed by atoms with van der Waals surface area (Å²) >= 11 is 0. The molecule has 0 spiro atoms. The maximum Gasteiger partial charge on any atom is 0.450 e. The van der Waals surface area contributed by atoms with Crippen LogP contribution >= 0.6 is 0 Å². The van der Waals surface area contributed by atoms with E-state index >= 15 is 0 Å². The Morgan fingerprint density at radius 2 is 1.56 bits per heavy atom. The number of halogens is 5. The quantitative estimate of drug-likeness (QED) is 0.349. The van der Waals surface area contributed by atoms with Crippen LogP contribution in [0.1, 0.15) is 19.7 Å². The Balaban J connectivity index is 0.00000141. The van der Waals surface area contributed by atoms with Gasteiger partial charge < -0.3 is 4.72 Å². The molecule has 32 heavy (non-hydrogen) atoms. The van der Waals surface area contributed by atoms with Gasteiger partial charge in [0.1, 0.15) is 0 Å². The Bertz CT molecular complexity index is 1250. The predicted molar refractivity (Wildman–Crippen MR) is 114 cm³/mol. The zero-order valence-electron chi connectivity index (χ0n) is 17.0. The van der Waals surface area contributed by atoms with Gasteiger partial charge >= 0.3 is 6.18 Å². The summed E-state index contributed by atoms with van der Waals surface area (Å²) < 4.78 is 83.3. The molecule has 168 valence electrons. The van der Waals surface area contributed by atoms with Crippen molar-refractivity contribution >= 4 is 27.7 Å². The molecule has 0 amide bonds. The van der Waals surface area contributed by atoms with Gasteiger partial charge in [-0.2, -0.15) is 13.2 Å². The SMILES string of the molecule is CC.O=S(Nc1ccc(-n2c(C(F)(F)F)nc3ccccc32)cc1)c1cccc(F)c1F. The van der Waals surface area contributed by atoms with E-state index in [-0.39, 0.29) is 27.3 Å². The number of rotatable bonds is 4. The van der Waals surface area contributed by atoms with E-state index in [0.717, 1.165) is 10.6 Å². The van der Waals surface area contributed by atoms with Crippen LogP contribution in [0.4, 0.5) is 27.6 Å². The molecule has 0 aliphatic rings. The lowest BCUT2D eigenvalue weighted by Crippen LogP contribution is -2.14. The van der Waals surface area contributed by atoms with Crippen LogP contribution in [0.2, 0.25) is 0 Å². The molecule has 4 nitrogen and oxygen atoms in total. The lowest BCUT2D eigenvalue weighted by Gasteiger charge is -2.13. The van der Waals surface area contributed by atoms with E-state index in [1.807, 2.05) is 13.8 Å². The van der Waals surface area contributed by atoms with Crippen molar-refractivity contribution in [3.8, 4) is 5.69 Å². The highest BCUT2D eigenvalue weighted by molar-refractivity contribution is 7.86. The monoisotopic (exact) mass is 467 g/mol. The Morgan fingerprint density at radius 1 is 0.906 bits per heavy atom. The molecule has 0 bridgehead atoms. The van der Waals surface area contributed by atoms with Crippen LogP contribution in [-0.2, 0) is 17.2 Å². The second-order valence-corrected chi connectivity index (χ2v) is 7.41. The van der Waals surface area contributed by atoms with Gasteiger partial charge in [0.2, 0.25) is 5.82 Å². The highest BCUT2D eigenvalue weighted by Gasteiger charge is 2.38. The summed E-state index contributed by atoms with van der Waals surface area (Å²) in [6.07, 6.45) is -4.67. The number of nitrogens with one attached hydrogen (secondary N) is 1. The summed E-state index contributed by atoms with van der Waals surface area (Å²) in [4.78, 5) is 3.31. The van der Waals surface area contributed by atoms with Crippen LogP contribution in [0.3, 0.4) is 0 Å². The van der Waals surface area contributed by atoms with Crippen molar-refractivity contribution < 1.29 is 26.2 Å². The second-order valence-electron chi connectivity index (χ2n) is 6.23. The van der Waals surface area contributed by atoms with E-state index in [1.54, 1.807) is 12.1 Å². The first-order valence-corrected chi connectivity index (χ1v) is 10.7. The molecule has 3 aromatic carbocycles. The van der Waals surface area contributed by atoms with Crippen molar-refractivity contribution in [2.24, 2.45) is 0 Å². The van der Waals surface area contributed by atoms with Gasteiger partial charge in [0, 0.05) is 11.4 Å². The molecule has 4 rings (SSSR count). The van der Waals surface area contributed by atoms with Gasteiger partial charge in [0.05, 0.1) is 15.9 Å². The molecule has 0 saturated heterocycles. The average Bonchev–Trinajstić information content (AvgIpc) is 3.18. The summed E-state index contributed by atoms with van der Waals surface area (Å²) in [6, 6.07) is 15.0. The molecule has 0 aliphatic heterocycles. The van der Waals surface area contributed by atoms with Crippen LogP contribution in [-0.4, -0.2) is 13.8 Å². The topological polar surface area (TPSA) is 46.9 Å². The van der Waals surface area contributed by atoms with E-state index < -0.39 is 34.6 Å². The summed E-state index contributed by atoms with van der Waals surface area (Å²) in [7, 11) is -2.10. The number of aromatic nitrogens is 2. The van der Waals surface area contributed by atoms with Gasteiger partial charge in [0.25, 0.3) is 0 Å². The smallest absolute Gasteiger partial charge is 0.301 e. The van der Waals surface area contributed by atoms with Crippen molar-refractivity contribution in [1.82, 2.24) is 9.55 Å². The number of imidazole rings is 1. The molecule has 0 radical (unpaired) electrons. The minimum Gasteiger partial charge on any atom is -0.301 e. The van der Waals surface area contributed by atoms with Crippen molar-refractivity contribution in [3.63, 3.8) is 0 Å². The number of benzene rings is 3. The standard InChI is InChI=1S/C20H12F5N3OS.C2H6/c21-14-4-3-7-17(18(14)22)30(29)27-12-8-10-13(11-9-12)28-16-6-2-1-5-15(16)26-19(28)20(23,24)25;1-2/h1-11,27H;1-2H3. The van der Waals surface area contributed by atoms with E-state index in [9.17, 15) is 26.2 Å². The largest absolute Gasteiger partial charge is 0.450 e. The van der Waals surface area contributed by atoms with Crippen molar-refractivity contribution in [3.05, 3.63) is 84.2 Å². The molecule has 4 aromatic rings. The fourth-order valence-electron chi connectivity index (χ4n) is 2.95. The fraction of sp³-hybridized carbons (Fsp3) is 0.136. The third kappa shape index (κ3) is 4.64. The summed E-state index contributed by atoms with van der Waals surface area (Å²) in [5, 5.41) is 0. The highest BCUT2D eigenvalue weighted by Crippen LogP contribution is 2.34. The van der Waals surface area contributed by atoms with Gasteiger partial charge in [-0.05, 0) is 48.5 Å². The Hall–Kier alpha value is -3.27. The molecular formula is C22H18F5N3OS. The summed E-state index contributed by atoms with van der Waals surface area (Å²) in [5.74, 6) is -3.45. The Kier molecular flexibility index (Phi) is 6.93. The van der Waals surface area contributed by atoms with Crippen LogP contribution in [0, 0.1) is 11.6 Å². The summed E-state index contributed by atoms with van der Waals surface area (Å²) in [6.45, 7) is 4.00. The zero-order valence-corrected chi connectivity index (χ0v) is 17.8. The number of hydrogen-bond donors (Lipinski definition) is 1. The van der Waals surface area contributed by atoms with Crippen molar-refractivity contribution in [1.29, 1.82) is 0 Å². The van der Waals surface area contributed by atoms with Crippen LogP contribution in [0.15, 0.2) is 71.6 Å². The third-order valence-corrected chi connectivity index (χ3v) is 5.40. The number of alkyl halides is 3. The van der Waals surface area contributed by atoms with Crippen LogP contribution < -0.4 is 4.72 Å². The van der Waals surface area contributed by atoms with E-state index in [0.29, 0.717) is 0 Å². The van der Waals surface area contributed by atoms with E-state index in [4.69, 9.17) is 0 Å². The molecule has 1 aromatic heterocycles. The number of fused-ring (bicyclic) bond motifs is 1. The zero-order chi connectivity index (χ0) is 23.5. The average molecular weight is 467 g/mol. The van der Waals surface area contributed by atoms with Gasteiger partial charge in [-0.25, -0.2) is 18.0 Å². The Labute approximate surface area is 183 Å². The molecule has 0 saturated carbocycles. The Morgan fingerprint density at radius 3 is 2.22 bits per heavy atom. The lowest BCUT2D eigenvalue weighted by molar-refractivity contribution is -0.145. The molecule has 1 unspecified atom stereocenters. The fourth-order valence-corrected chi connectivity index (χ4v) is 3.87. The highest BCUT2D eigenvalue weighted by atomic mass is 32.2. The first-order chi connectivity index (χ1) is 15.3. The second kappa shape index (κ2) is 9.47. The minimum absolute atomic E-state index is 0.185. The first-order valence-electron chi connectivity index (χ1n) is 9.53. The lowest BCUT2D eigenvalue weighted by atomic mass is 10.2. The molecule has 0 aliphatic carbocycles. The molecule has 1 heterocycles.